The van der Waals surface area contributed by atoms with Crippen LogP contribution >= 0.6 is 0 Å². The maximum Gasteiger partial charge on any atom is 0.411 e. The number of alkyl halides is 2. The summed E-state index contributed by atoms with van der Waals surface area (Å²) in [5.41, 5.74) is -2.81. The second-order valence-corrected chi connectivity index (χ2v) is 5.68. The van der Waals surface area contributed by atoms with Crippen LogP contribution in [0.1, 0.15) is 34.1 Å². The Morgan fingerprint density at radius 1 is 1.33 bits per heavy atom. The maximum absolute atomic E-state index is 13.3. The Morgan fingerprint density at radius 2 is 1.83 bits per heavy atom. The molecule has 1 amide bonds. The number of ether oxygens (including phenoxy) is 1. The van der Waals surface area contributed by atoms with E-state index in [4.69, 9.17) is 9.84 Å². The molecule has 104 valence electrons. The monoisotopic (exact) mass is 265 g/mol. The van der Waals surface area contributed by atoms with Gasteiger partial charge in [0.05, 0.1) is 6.54 Å². The number of halogens is 2. The first kappa shape index (κ1) is 14.7. The molecule has 5 nitrogen and oxygen atoms in total. The van der Waals surface area contributed by atoms with Crippen LogP contribution in [0.2, 0.25) is 0 Å². The number of carboxylic acid groups (broad SMARTS) is 1. The highest BCUT2D eigenvalue weighted by molar-refractivity contribution is 5.85. The van der Waals surface area contributed by atoms with Crippen LogP contribution in [-0.4, -0.2) is 45.7 Å². The highest BCUT2D eigenvalue weighted by atomic mass is 19.3. The fraction of sp³-hybridized carbons (Fsp3) is 0.818. The maximum atomic E-state index is 13.3. The van der Waals surface area contributed by atoms with Crippen molar-refractivity contribution in [3.05, 3.63) is 0 Å². The van der Waals surface area contributed by atoms with E-state index in [0.29, 0.717) is 4.90 Å². The van der Waals surface area contributed by atoms with Gasteiger partial charge >= 0.3 is 12.1 Å². The molecular formula is C11H17F2NO4. The van der Waals surface area contributed by atoms with Crippen molar-refractivity contribution in [3.63, 3.8) is 0 Å². The number of aliphatic carboxylic acids is 1. The fourth-order valence-corrected chi connectivity index (χ4v) is 1.83. The molecule has 0 bridgehead atoms. The van der Waals surface area contributed by atoms with Gasteiger partial charge in [-0.15, -0.1) is 0 Å². The number of carbonyl (C=O) groups is 2. The number of carboxylic acids is 1. The van der Waals surface area contributed by atoms with Gasteiger partial charge in [-0.25, -0.2) is 18.4 Å². The lowest BCUT2D eigenvalue weighted by molar-refractivity contribution is -0.148. The molecule has 1 fully saturated rings. The SMILES string of the molecule is CC(C)(C)OC(=O)N1CC(F)(F)C[C@@]1(C)C(=O)O. The molecule has 0 aromatic rings. The third-order valence-corrected chi connectivity index (χ3v) is 2.66. The van der Waals surface area contributed by atoms with Crippen molar-refractivity contribution in [2.75, 3.05) is 6.54 Å². The van der Waals surface area contributed by atoms with Crippen LogP contribution in [0.4, 0.5) is 13.6 Å². The first-order valence-corrected chi connectivity index (χ1v) is 5.49. The van der Waals surface area contributed by atoms with Gasteiger partial charge in [-0.2, -0.15) is 0 Å². The molecule has 7 heteroatoms. The van der Waals surface area contributed by atoms with Gasteiger partial charge in [-0.05, 0) is 27.7 Å². The Bertz CT molecular complexity index is 378. The molecule has 0 spiro atoms. The normalized spacial score (nSPS) is 27.1. The van der Waals surface area contributed by atoms with E-state index in [-0.39, 0.29) is 0 Å². The lowest BCUT2D eigenvalue weighted by atomic mass is 9.98. The van der Waals surface area contributed by atoms with Crippen LogP contribution in [0.5, 0.6) is 0 Å². The standard InChI is InChI=1S/C11H17F2NO4/c1-9(2,3)18-8(17)14-6-11(12,13)5-10(14,4)7(15)16/h5-6H2,1-4H3,(H,15,16)/t10-/m0/s1. The van der Waals surface area contributed by atoms with E-state index in [9.17, 15) is 18.4 Å². The van der Waals surface area contributed by atoms with Crippen molar-refractivity contribution < 1.29 is 28.2 Å². The molecule has 1 rings (SSSR count). The molecule has 1 aliphatic rings. The van der Waals surface area contributed by atoms with Gasteiger partial charge in [-0.3, -0.25) is 4.90 Å². The Labute approximate surface area is 104 Å². The molecule has 0 radical (unpaired) electrons. The van der Waals surface area contributed by atoms with Gasteiger partial charge in [0.1, 0.15) is 11.1 Å². The Balaban J connectivity index is 2.99. The number of hydrogen-bond donors (Lipinski definition) is 1. The highest BCUT2D eigenvalue weighted by Crippen LogP contribution is 2.40. The summed E-state index contributed by atoms with van der Waals surface area (Å²) in [6, 6.07) is 0. The summed E-state index contributed by atoms with van der Waals surface area (Å²) in [4.78, 5) is 23.5. The van der Waals surface area contributed by atoms with Crippen LogP contribution in [0.15, 0.2) is 0 Å². The van der Waals surface area contributed by atoms with Crippen LogP contribution in [0.25, 0.3) is 0 Å². The average Bonchev–Trinajstić information content (AvgIpc) is 2.34. The fourth-order valence-electron chi connectivity index (χ4n) is 1.83. The van der Waals surface area contributed by atoms with Crippen molar-refractivity contribution in [2.24, 2.45) is 0 Å². The third-order valence-electron chi connectivity index (χ3n) is 2.66. The summed E-state index contributed by atoms with van der Waals surface area (Å²) in [5.74, 6) is -4.69. The average molecular weight is 265 g/mol. The number of hydrogen-bond acceptors (Lipinski definition) is 3. The van der Waals surface area contributed by atoms with Crippen molar-refractivity contribution in [2.45, 2.75) is 51.2 Å². The predicted molar refractivity (Wildman–Crippen MR) is 58.5 cm³/mol. The van der Waals surface area contributed by atoms with Gasteiger partial charge < -0.3 is 9.84 Å². The zero-order chi connectivity index (χ0) is 14.4. The molecule has 0 aromatic carbocycles. The zero-order valence-electron chi connectivity index (χ0n) is 10.8. The minimum Gasteiger partial charge on any atom is -0.480 e. The van der Waals surface area contributed by atoms with E-state index in [1.54, 1.807) is 20.8 Å². The zero-order valence-corrected chi connectivity index (χ0v) is 10.8. The molecule has 1 atom stereocenters. The number of amides is 1. The lowest BCUT2D eigenvalue weighted by Crippen LogP contribution is -2.52. The molecule has 1 aliphatic heterocycles. The number of carbonyl (C=O) groups excluding carboxylic acids is 1. The molecule has 1 heterocycles. The van der Waals surface area contributed by atoms with E-state index in [2.05, 4.69) is 0 Å². The lowest BCUT2D eigenvalue weighted by Gasteiger charge is -2.32. The van der Waals surface area contributed by atoms with Gasteiger partial charge in [0.15, 0.2) is 0 Å². The molecule has 1 N–H and O–H groups in total. The summed E-state index contributed by atoms with van der Waals surface area (Å²) in [5, 5.41) is 9.04. The van der Waals surface area contributed by atoms with Gasteiger partial charge in [0, 0.05) is 6.42 Å². The minimum atomic E-state index is -3.22. The van der Waals surface area contributed by atoms with Gasteiger partial charge in [-0.1, -0.05) is 0 Å². The van der Waals surface area contributed by atoms with Crippen molar-refractivity contribution in [1.82, 2.24) is 4.90 Å². The van der Waals surface area contributed by atoms with Crippen LogP contribution in [0, 0.1) is 0 Å². The van der Waals surface area contributed by atoms with Crippen molar-refractivity contribution >= 4 is 12.1 Å². The van der Waals surface area contributed by atoms with E-state index >= 15 is 0 Å². The van der Waals surface area contributed by atoms with Crippen LogP contribution in [-0.2, 0) is 9.53 Å². The molecule has 0 aliphatic carbocycles. The van der Waals surface area contributed by atoms with E-state index in [1.165, 1.54) is 0 Å². The molecule has 1 saturated heterocycles. The van der Waals surface area contributed by atoms with Crippen LogP contribution < -0.4 is 0 Å². The van der Waals surface area contributed by atoms with E-state index in [0.717, 1.165) is 6.92 Å². The quantitative estimate of drug-likeness (QED) is 0.788. The van der Waals surface area contributed by atoms with Gasteiger partial charge in [0.2, 0.25) is 0 Å². The largest absolute Gasteiger partial charge is 0.480 e. The first-order chi connectivity index (χ1) is 7.87. The third kappa shape index (κ3) is 2.88. The minimum absolute atomic E-state index is 0.584. The predicted octanol–water partition coefficient (Wildman–Crippen LogP) is 2.11. The van der Waals surface area contributed by atoms with E-state index < -0.39 is 42.1 Å². The summed E-state index contributed by atoms with van der Waals surface area (Å²) < 4.78 is 31.6. The topological polar surface area (TPSA) is 66.8 Å². The number of rotatable bonds is 1. The summed E-state index contributed by atoms with van der Waals surface area (Å²) in [7, 11) is 0. The molecule has 0 saturated carbocycles. The molecule has 0 aromatic heterocycles. The number of nitrogens with zero attached hydrogens (tertiary/aromatic N) is 1. The Kier molecular flexibility index (Phi) is 3.31. The summed E-state index contributed by atoms with van der Waals surface area (Å²) >= 11 is 0. The Morgan fingerprint density at radius 3 is 2.22 bits per heavy atom. The van der Waals surface area contributed by atoms with Crippen molar-refractivity contribution in [1.29, 1.82) is 0 Å². The Hall–Kier alpha value is -1.40. The smallest absolute Gasteiger partial charge is 0.411 e. The molecule has 0 unspecified atom stereocenters. The first-order valence-electron chi connectivity index (χ1n) is 5.49. The van der Waals surface area contributed by atoms with E-state index in [1.807, 2.05) is 0 Å². The second-order valence-electron chi connectivity index (χ2n) is 5.68. The molecule has 18 heavy (non-hydrogen) atoms. The number of likely N-dealkylation sites (tertiary alicyclic amines) is 1. The highest BCUT2D eigenvalue weighted by Gasteiger charge is 2.59. The summed E-state index contributed by atoms with van der Waals surface area (Å²) in [6.07, 6.45) is -1.95. The molecular weight excluding hydrogens is 248 g/mol. The van der Waals surface area contributed by atoms with Gasteiger partial charge in [0.25, 0.3) is 5.92 Å². The summed E-state index contributed by atoms with van der Waals surface area (Å²) in [6.45, 7) is 4.90. The second kappa shape index (κ2) is 4.07. The van der Waals surface area contributed by atoms with Crippen molar-refractivity contribution in [3.8, 4) is 0 Å². The van der Waals surface area contributed by atoms with Crippen LogP contribution in [0.3, 0.4) is 0 Å².